The van der Waals surface area contributed by atoms with Crippen LogP contribution in [0, 0.1) is 5.92 Å². The number of allylic oxidation sites excluding steroid dienone is 1. The molecule has 376 valence electrons. The zero-order chi connectivity index (χ0) is 49.5. The maximum atomic E-state index is 12.2. The predicted octanol–water partition coefficient (Wildman–Crippen LogP) is 5.47. The molecule has 18 nitrogen and oxygen atoms in total. The summed E-state index contributed by atoms with van der Waals surface area (Å²) in [4.78, 5) is 32.3. The van der Waals surface area contributed by atoms with Gasteiger partial charge >= 0.3 is 5.97 Å². The number of nitrogens with two attached hydrogens (primary N) is 1. The predicted molar refractivity (Wildman–Crippen MR) is 267 cm³/mol. The van der Waals surface area contributed by atoms with Crippen molar-refractivity contribution in [1.29, 1.82) is 0 Å². The molecular weight excluding hydrogens is 907 g/mol. The molecule has 0 radical (unpaired) electrons. The molecular formula is C53H65N9O9. The average molecular weight is 972 g/mol. The molecule has 0 bridgehead atoms. The molecule has 3 fully saturated rings. The number of ether oxygens (including phenoxy) is 4. The average Bonchev–Trinajstić information content (AvgIpc) is 3.98. The third-order valence-electron chi connectivity index (χ3n) is 14.1. The highest BCUT2D eigenvalue weighted by Gasteiger charge is 2.55. The van der Waals surface area contributed by atoms with Gasteiger partial charge in [0.1, 0.15) is 30.4 Å². The van der Waals surface area contributed by atoms with Crippen LogP contribution in [0.15, 0.2) is 107 Å². The number of nitrogen functional groups attached to an aromatic ring is 1. The second-order valence-corrected chi connectivity index (χ2v) is 19.2. The van der Waals surface area contributed by atoms with Gasteiger partial charge in [-0.15, -0.1) is 0 Å². The van der Waals surface area contributed by atoms with Crippen molar-refractivity contribution in [2.75, 3.05) is 32.5 Å². The van der Waals surface area contributed by atoms with Crippen LogP contribution in [0.2, 0.25) is 0 Å². The van der Waals surface area contributed by atoms with Crippen molar-refractivity contribution in [3.63, 3.8) is 0 Å². The molecule has 4 aliphatic heterocycles. The standard InChI is InChI=1S/C53H65N9O9/c1-32(63)69-40-26-38(70-44(27-40)37-24-43(65)49(66)46(25-37)68-21-15-35-7-4-17-56-29-35)11-9-34-10-12-42(64)45(22-34)71-39-8-3-16-53(28-39)48(51(67)55-2)50(62-30-36-14-20-57-41(36)31-62)60-52(61-53)59-18-5-6-33-13-19-58-47(54)23-33/h4,7,10,12-14,17,19-20,22-25,29,31,38-40,44,48,50-51,55,64-67H,3,5-6,8-9,11,15-16,18,21,26-28,30H2,1-2H3,(H2,54,58)(H2,59,60,61). The lowest BCUT2D eigenvalue weighted by atomic mass is 9.68. The van der Waals surface area contributed by atoms with Crippen molar-refractivity contribution < 1.29 is 44.2 Å². The Bertz CT molecular complexity index is 2650. The molecule has 6 heterocycles. The molecule has 71 heavy (non-hydrogen) atoms. The molecule has 9 N–H and O–H groups in total. The summed E-state index contributed by atoms with van der Waals surface area (Å²) in [5.74, 6) is 0.176. The van der Waals surface area contributed by atoms with E-state index in [-0.39, 0.29) is 53.9 Å². The maximum Gasteiger partial charge on any atom is 0.302 e. The van der Waals surface area contributed by atoms with Gasteiger partial charge in [-0.1, -0.05) is 12.1 Å². The summed E-state index contributed by atoms with van der Waals surface area (Å²) in [6.07, 6.45) is 15.0. The number of guanidine groups is 1. The lowest BCUT2D eigenvalue weighted by molar-refractivity contribution is -0.160. The van der Waals surface area contributed by atoms with Crippen molar-refractivity contribution in [3.05, 3.63) is 119 Å². The van der Waals surface area contributed by atoms with Crippen molar-refractivity contribution in [3.8, 4) is 28.7 Å². The minimum atomic E-state index is -0.898. The number of benzene rings is 2. The van der Waals surface area contributed by atoms with E-state index >= 15 is 0 Å². The number of aliphatic hydroxyl groups excluding tert-OH is 1. The summed E-state index contributed by atoms with van der Waals surface area (Å²) >= 11 is 0. The Morgan fingerprint density at radius 3 is 2.70 bits per heavy atom. The van der Waals surface area contributed by atoms with E-state index in [1.165, 1.54) is 13.0 Å². The van der Waals surface area contributed by atoms with Crippen molar-refractivity contribution in [2.45, 2.75) is 120 Å². The number of nitrogens with one attached hydrogen (secondary N) is 3. The molecule has 1 aliphatic carbocycles. The fourth-order valence-electron chi connectivity index (χ4n) is 10.8. The number of aryl methyl sites for hydroxylation is 2. The summed E-state index contributed by atoms with van der Waals surface area (Å²) in [5.41, 5.74) is 10.9. The number of fused-ring (bicyclic) bond motifs is 1. The van der Waals surface area contributed by atoms with Crippen LogP contribution in [0.25, 0.3) is 0 Å². The fourth-order valence-corrected chi connectivity index (χ4v) is 10.8. The topological polar surface area (TPSA) is 251 Å². The van der Waals surface area contributed by atoms with E-state index in [0.717, 1.165) is 60.1 Å². The number of carbonyl (C=O) groups excluding carboxylic acids is 1. The molecule has 9 rings (SSSR count). The highest BCUT2D eigenvalue weighted by Crippen LogP contribution is 2.45. The Morgan fingerprint density at radius 2 is 1.90 bits per heavy atom. The molecule has 2 saturated heterocycles. The highest BCUT2D eigenvalue weighted by atomic mass is 16.6. The van der Waals surface area contributed by atoms with E-state index in [1.54, 1.807) is 37.8 Å². The Labute approximate surface area is 413 Å². The van der Waals surface area contributed by atoms with Crippen LogP contribution in [0.3, 0.4) is 0 Å². The summed E-state index contributed by atoms with van der Waals surface area (Å²) < 4.78 is 25.1. The van der Waals surface area contributed by atoms with E-state index in [4.69, 9.17) is 29.7 Å². The van der Waals surface area contributed by atoms with Crippen LogP contribution in [-0.4, -0.2) is 116 Å². The number of esters is 1. The maximum absolute atomic E-state index is 12.2. The van der Waals surface area contributed by atoms with Gasteiger partial charge in [0.05, 0.1) is 36.0 Å². The number of aromatic hydroxyl groups is 3. The van der Waals surface area contributed by atoms with Gasteiger partial charge in [0.15, 0.2) is 29.0 Å². The Morgan fingerprint density at radius 1 is 1.03 bits per heavy atom. The number of phenolic OH excluding ortho intramolecular Hbond substituents is 3. The molecule has 18 heteroatoms. The van der Waals surface area contributed by atoms with Crippen LogP contribution in [-0.2, 0) is 33.5 Å². The van der Waals surface area contributed by atoms with Crippen molar-refractivity contribution in [2.24, 2.45) is 15.9 Å². The first-order chi connectivity index (χ1) is 34.4. The minimum Gasteiger partial charge on any atom is -0.504 e. The lowest BCUT2D eigenvalue weighted by Gasteiger charge is -2.56. The number of hydrogen-bond donors (Lipinski definition) is 8. The van der Waals surface area contributed by atoms with Crippen LogP contribution in [0.5, 0.6) is 28.7 Å². The molecule has 2 aromatic carbocycles. The van der Waals surface area contributed by atoms with Gasteiger partial charge in [-0.25, -0.2) is 4.98 Å². The smallest absolute Gasteiger partial charge is 0.302 e. The molecule has 1 saturated carbocycles. The largest absolute Gasteiger partial charge is 0.504 e. The fraction of sp³-hybridized carbons (Fsp3) is 0.453. The summed E-state index contributed by atoms with van der Waals surface area (Å²) in [5, 5.41) is 55.2. The number of rotatable bonds is 18. The summed E-state index contributed by atoms with van der Waals surface area (Å²) in [6.45, 7) is 2.81. The normalized spacial score (nSPS) is 25.7. The first-order valence-corrected chi connectivity index (χ1v) is 24.7. The molecule has 4 aromatic rings. The number of carbonyl (C=O) groups is 1. The van der Waals surface area contributed by atoms with Gasteiger partial charge in [-0.3, -0.25) is 25.1 Å². The van der Waals surface area contributed by atoms with Gasteiger partial charge < -0.3 is 60.6 Å². The molecule has 5 aliphatic rings. The van der Waals surface area contributed by atoms with E-state index < -0.39 is 29.9 Å². The Balaban J connectivity index is 0.894. The number of aliphatic hydroxyl groups is 1. The lowest BCUT2D eigenvalue weighted by Crippen LogP contribution is -2.76. The van der Waals surface area contributed by atoms with Crippen LogP contribution >= 0.6 is 0 Å². The first kappa shape index (κ1) is 49.1. The number of aromatic nitrogens is 2. The second-order valence-electron chi connectivity index (χ2n) is 19.2. The van der Waals surface area contributed by atoms with Crippen LogP contribution in [0.1, 0.15) is 86.6 Å². The third-order valence-corrected chi connectivity index (χ3v) is 14.1. The van der Waals surface area contributed by atoms with E-state index in [9.17, 15) is 25.2 Å². The molecule has 0 amide bonds. The summed E-state index contributed by atoms with van der Waals surface area (Å²) in [7, 11) is 1.76. The monoisotopic (exact) mass is 971 g/mol. The summed E-state index contributed by atoms with van der Waals surface area (Å²) in [6, 6.07) is 16.1. The number of pyridine rings is 2. The molecule has 8 unspecified atom stereocenters. The van der Waals surface area contributed by atoms with Gasteiger partial charge in [0, 0.05) is 82.3 Å². The van der Waals surface area contributed by atoms with Crippen molar-refractivity contribution in [1.82, 2.24) is 30.8 Å². The van der Waals surface area contributed by atoms with Crippen LogP contribution in [0.4, 0.5) is 5.82 Å². The Hall–Kier alpha value is -6.89. The number of anilines is 1. The first-order valence-electron chi connectivity index (χ1n) is 24.7. The number of aliphatic imine (C=N–C) groups is 2. The zero-order valence-electron chi connectivity index (χ0n) is 40.2. The molecule has 1 spiro atoms. The van der Waals surface area contributed by atoms with Crippen LogP contribution < -0.4 is 31.2 Å². The minimum absolute atomic E-state index is 0.0214. The third kappa shape index (κ3) is 11.8. The molecule has 2 aromatic heterocycles. The van der Waals surface area contributed by atoms with Gasteiger partial charge in [-0.2, -0.15) is 0 Å². The van der Waals surface area contributed by atoms with Gasteiger partial charge in [0.2, 0.25) is 5.75 Å². The molecule has 8 atom stereocenters. The van der Waals surface area contributed by atoms with Crippen molar-refractivity contribution >= 4 is 24.0 Å². The second kappa shape index (κ2) is 22.0. The van der Waals surface area contributed by atoms with E-state index in [1.807, 2.05) is 48.7 Å². The SMILES string of the molecule is CNC(O)C1C(N2C=C3N=CC=C3C2)NC(=NCCCc2ccnc(N)c2)NC12CCCC(Oc1cc(CCC3CC(OC(C)=O)CC(c4cc(O)c(O)c(OCCc5cccnc5)c4)O3)ccc1O)C2. The number of nitrogens with zero attached hydrogens (tertiary/aromatic N) is 5. The highest BCUT2D eigenvalue weighted by molar-refractivity contribution is 5.83. The quantitative estimate of drug-likeness (QED) is 0.0266. The number of phenols is 3. The number of hydrogen-bond acceptors (Lipinski definition) is 16. The Kier molecular flexibility index (Phi) is 15.2. The van der Waals surface area contributed by atoms with Gasteiger partial charge in [0.25, 0.3) is 0 Å². The van der Waals surface area contributed by atoms with Gasteiger partial charge in [-0.05, 0) is 123 Å². The zero-order valence-corrected chi connectivity index (χ0v) is 40.2. The van der Waals surface area contributed by atoms with E-state index in [2.05, 4.69) is 42.0 Å². The van der Waals surface area contributed by atoms with E-state index in [0.29, 0.717) is 74.7 Å².